The highest BCUT2D eigenvalue weighted by Gasteiger charge is 2.17. The zero-order valence-electron chi connectivity index (χ0n) is 11.5. The SMILES string of the molecule is CN(Cc1ccc(C#CCO)cc1)C(=O)c1ccoc1Cl. The van der Waals surface area contributed by atoms with Gasteiger partial charge in [-0.1, -0.05) is 24.0 Å². The summed E-state index contributed by atoms with van der Waals surface area (Å²) in [5, 5.41) is 8.74. The number of hydrogen-bond acceptors (Lipinski definition) is 3. The highest BCUT2D eigenvalue weighted by molar-refractivity contribution is 6.32. The molecule has 1 aromatic carbocycles. The van der Waals surface area contributed by atoms with E-state index >= 15 is 0 Å². The summed E-state index contributed by atoms with van der Waals surface area (Å²) < 4.78 is 4.92. The van der Waals surface area contributed by atoms with E-state index < -0.39 is 0 Å². The summed E-state index contributed by atoms with van der Waals surface area (Å²) in [6, 6.07) is 9.03. The van der Waals surface area contributed by atoms with E-state index in [0.717, 1.165) is 11.1 Å². The summed E-state index contributed by atoms with van der Waals surface area (Å²) >= 11 is 5.80. The molecule has 0 aliphatic rings. The molecule has 0 unspecified atom stereocenters. The molecule has 2 rings (SSSR count). The average Bonchev–Trinajstić information content (AvgIpc) is 2.92. The van der Waals surface area contributed by atoms with Gasteiger partial charge in [0.1, 0.15) is 6.61 Å². The van der Waals surface area contributed by atoms with Crippen LogP contribution in [0, 0.1) is 11.8 Å². The molecule has 108 valence electrons. The minimum Gasteiger partial charge on any atom is -0.452 e. The van der Waals surface area contributed by atoms with E-state index in [2.05, 4.69) is 11.8 Å². The molecule has 0 fully saturated rings. The number of hydrogen-bond donors (Lipinski definition) is 1. The molecule has 0 bridgehead atoms. The Kier molecular flexibility index (Phi) is 5.04. The summed E-state index contributed by atoms with van der Waals surface area (Å²) in [5.41, 5.74) is 2.14. The number of aliphatic hydroxyl groups is 1. The molecule has 2 aromatic rings. The molecule has 0 saturated carbocycles. The number of rotatable bonds is 3. The molecule has 5 heteroatoms. The fourth-order valence-electron chi connectivity index (χ4n) is 1.83. The van der Waals surface area contributed by atoms with Gasteiger partial charge in [-0.15, -0.1) is 0 Å². The molecule has 0 aliphatic carbocycles. The Labute approximate surface area is 127 Å². The molecule has 0 aliphatic heterocycles. The van der Waals surface area contributed by atoms with Crippen molar-refractivity contribution < 1.29 is 14.3 Å². The zero-order valence-corrected chi connectivity index (χ0v) is 12.2. The molecular formula is C16H14ClNO3. The first-order valence-corrected chi connectivity index (χ1v) is 6.66. The van der Waals surface area contributed by atoms with Crippen LogP contribution in [0.25, 0.3) is 0 Å². The third-order valence-corrected chi connectivity index (χ3v) is 3.17. The number of carbonyl (C=O) groups is 1. The second kappa shape index (κ2) is 6.98. The Morgan fingerprint density at radius 2 is 2.05 bits per heavy atom. The number of halogens is 1. The highest BCUT2D eigenvalue weighted by atomic mass is 35.5. The van der Waals surface area contributed by atoms with E-state index in [1.54, 1.807) is 18.0 Å². The predicted octanol–water partition coefficient (Wildman–Crippen LogP) is 2.55. The van der Waals surface area contributed by atoms with Crippen molar-refractivity contribution in [1.29, 1.82) is 0 Å². The first-order valence-electron chi connectivity index (χ1n) is 6.29. The normalized spacial score (nSPS) is 9.86. The first-order chi connectivity index (χ1) is 10.1. The van der Waals surface area contributed by atoms with E-state index in [9.17, 15) is 4.79 Å². The maximum atomic E-state index is 12.2. The Morgan fingerprint density at radius 3 is 2.62 bits per heavy atom. The standard InChI is InChI=1S/C16H14ClNO3/c1-18(16(20)14-8-10-21-15(14)17)11-13-6-4-12(5-7-13)3-2-9-19/h4-8,10,19H,9,11H2,1H3. The van der Waals surface area contributed by atoms with Gasteiger partial charge in [0, 0.05) is 19.2 Å². The summed E-state index contributed by atoms with van der Waals surface area (Å²) in [4.78, 5) is 13.7. The van der Waals surface area contributed by atoms with Gasteiger partial charge in [0.25, 0.3) is 5.91 Å². The summed E-state index contributed by atoms with van der Waals surface area (Å²) in [6.07, 6.45) is 1.39. The number of carbonyl (C=O) groups excluding carboxylic acids is 1. The topological polar surface area (TPSA) is 53.7 Å². The van der Waals surface area contributed by atoms with E-state index in [0.29, 0.717) is 12.1 Å². The van der Waals surface area contributed by atoms with Crippen molar-refractivity contribution in [3.05, 3.63) is 58.5 Å². The van der Waals surface area contributed by atoms with Gasteiger partial charge in [-0.3, -0.25) is 4.79 Å². The molecule has 1 heterocycles. The summed E-state index contributed by atoms with van der Waals surface area (Å²) in [7, 11) is 1.70. The molecule has 1 N–H and O–H groups in total. The van der Waals surface area contributed by atoms with Crippen molar-refractivity contribution in [2.75, 3.05) is 13.7 Å². The van der Waals surface area contributed by atoms with Crippen molar-refractivity contribution in [1.82, 2.24) is 4.90 Å². The molecule has 0 radical (unpaired) electrons. The Hall–Kier alpha value is -2.22. The lowest BCUT2D eigenvalue weighted by atomic mass is 10.1. The lowest BCUT2D eigenvalue weighted by Crippen LogP contribution is -2.26. The zero-order chi connectivity index (χ0) is 15.2. The van der Waals surface area contributed by atoms with E-state index in [4.69, 9.17) is 21.1 Å². The van der Waals surface area contributed by atoms with Crippen molar-refractivity contribution >= 4 is 17.5 Å². The molecule has 21 heavy (non-hydrogen) atoms. The molecule has 0 saturated heterocycles. The molecule has 0 atom stereocenters. The quantitative estimate of drug-likeness (QED) is 0.887. The minimum atomic E-state index is -0.196. The molecule has 1 aromatic heterocycles. The average molecular weight is 304 g/mol. The van der Waals surface area contributed by atoms with Crippen LogP contribution in [-0.4, -0.2) is 29.6 Å². The van der Waals surface area contributed by atoms with Gasteiger partial charge in [0.15, 0.2) is 0 Å². The van der Waals surface area contributed by atoms with Crippen molar-refractivity contribution in [3.8, 4) is 11.8 Å². The van der Waals surface area contributed by atoms with Crippen LogP contribution in [0.2, 0.25) is 5.22 Å². The predicted molar refractivity (Wildman–Crippen MR) is 79.9 cm³/mol. The first kappa shape index (κ1) is 15.2. The van der Waals surface area contributed by atoms with Crippen LogP contribution in [-0.2, 0) is 6.54 Å². The van der Waals surface area contributed by atoms with Gasteiger partial charge in [0.05, 0.1) is 11.8 Å². The summed E-state index contributed by atoms with van der Waals surface area (Å²) in [6.45, 7) is 0.290. The minimum absolute atomic E-state index is 0.0986. The van der Waals surface area contributed by atoms with Crippen molar-refractivity contribution in [3.63, 3.8) is 0 Å². The van der Waals surface area contributed by atoms with E-state index in [-0.39, 0.29) is 17.7 Å². The Morgan fingerprint density at radius 1 is 1.33 bits per heavy atom. The maximum Gasteiger partial charge on any atom is 0.258 e. The van der Waals surface area contributed by atoms with Crippen molar-refractivity contribution in [2.45, 2.75) is 6.54 Å². The fraction of sp³-hybridized carbons (Fsp3) is 0.188. The van der Waals surface area contributed by atoms with Crippen LogP contribution in [0.15, 0.2) is 41.0 Å². The second-order valence-electron chi connectivity index (χ2n) is 4.43. The molecule has 1 amide bonds. The van der Waals surface area contributed by atoms with E-state index in [1.165, 1.54) is 6.26 Å². The van der Waals surface area contributed by atoms with Gasteiger partial charge in [-0.2, -0.15) is 0 Å². The number of benzene rings is 1. The monoisotopic (exact) mass is 303 g/mol. The van der Waals surface area contributed by atoms with Crippen LogP contribution in [0.4, 0.5) is 0 Å². The van der Waals surface area contributed by atoms with Crippen LogP contribution in [0.1, 0.15) is 21.5 Å². The molecular weight excluding hydrogens is 290 g/mol. The van der Waals surface area contributed by atoms with Gasteiger partial charge >= 0.3 is 0 Å². The maximum absolute atomic E-state index is 12.2. The number of aliphatic hydroxyl groups excluding tert-OH is 1. The van der Waals surface area contributed by atoms with Crippen LogP contribution in [0.3, 0.4) is 0 Å². The smallest absolute Gasteiger partial charge is 0.258 e. The Bertz CT molecular complexity index is 680. The van der Waals surface area contributed by atoms with Gasteiger partial charge < -0.3 is 14.4 Å². The van der Waals surface area contributed by atoms with Gasteiger partial charge in [-0.05, 0) is 35.4 Å². The van der Waals surface area contributed by atoms with Crippen LogP contribution < -0.4 is 0 Å². The highest BCUT2D eigenvalue weighted by Crippen LogP contribution is 2.19. The lowest BCUT2D eigenvalue weighted by molar-refractivity contribution is 0.0784. The number of furan rings is 1. The Balaban J connectivity index is 2.04. The largest absolute Gasteiger partial charge is 0.452 e. The van der Waals surface area contributed by atoms with Crippen LogP contribution in [0.5, 0.6) is 0 Å². The van der Waals surface area contributed by atoms with E-state index in [1.807, 2.05) is 24.3 Å². The molecule has 4 nitrogen and oxygen atoms in total. The van der Waals surface area contributed by atoms with Crippen molar-refractivity contribution in [2.24, 2.45) is 0 Å². The lowest BCUT2D eigenvalue weighted by Gasteiger charge is -2.16. The third kappa shape index (κ3) is 3.88. The van der Waals surface area contributed by atoms with Gasteiger partial charge in [0.2, 0.25) is 5.22 Å². The number of nitrogens with zero attached hydrogens (tertiary/aromatic N) is 1. The summed E-state index contributed by atoms with van der Waals surface area (Å²) in [5.74, 6) is 5.20. The second-order valence-corrected chi connectivity index (χ2v) is 4.77. The number of amides is 1. The fourth-order valence-corrected chi connectivity index (χ4v) is 2.03. The van der Waals surface area contributed by atoms with Crippen LogP contribution >= 0.6 is 11.6 Å². The van der Waals surface area contributed by atoms with Gasteiger partial charge in [-0.25, -0.2) is 0 Å². The molecule has 0 spiro atoms. The third-order valence-electron chi connectivity index (χ3n) is 2.88.